The van der Waals surface area contributed by atoms with E-state index in [2.05, 4.69) is 169 Å². The van der Waals surface area contributed by atoms with Gasteiger partial charge in [0, 0.05) is 37.6 Å². The van der Waals surface area contributed by atoms with Crippen molar-refractivity contribution in [1.82, 2.24) is 0 Å². The van der Waals surface area contributed by atoms with Crippen LogP contribution < -0.4 is 4.90 Å². The van der Waals surface area contributed by atoms with Gasteiger partial charge >= 0.3 is 0 Å². The van der Waals surface area contributed by atoms with Gasteiger partial charge in [-0.15, -0.1) is 11.3 Å². The molecule has 2 nitrogen and oxygen atoms in total. The summed E-state index contributed by atoms with van der Waals surface area (Å²) in [6.45, 7) is 0. The number of anilines is 3. The molecule has 0 saturated heterocycles. The van der Waals surface area contributed by atoms with E-state index in [1.54, 1.807) is 0 Å². The molecule has 3 heteroatoms. The number of benzene rings is 8. The molecule has 0 atom stereocenters. The third kappa shape index (κ3) is 4.04. The molecule has 0 N–H and O–H groups in total. The summed E-state index contributed by atoms with van der Waals surface area (Å²) < 4.78 is 9.16. The van der Waals surface area contributed by atoms with E-state index >= 15 is 0 Å². The first-order valence-corrected chi connectivity index (χ1v) is 16.7. The van der Waals surface area contributed by atoms with E-state index in [0.717, 1.165) is 33.6 Å². The number of hydrogen-bond donors (Lipinski definition) is 0. The topological polar surface area (TPSA) is 16.4 Å². The number of para-hydroxylation sites is 1. The fraction of sp³-hybridized carbons (Fsp3) is 0. The highest BCUT2D eigenvalue weighted by Gasteiger charge is 2.21. The molecule has 10 rings (SSSR count). The van der Waals surface area contributed by atoms with Crippen LogP contribution in [-0.4, -0.2) is 0 Å². The quantitative estimate of drug-likeness (QED) is 0.195. The molecule has 0 aliphatic rings. The average molecular weight is 618 g/mol. The maximum atomic E-state index is 6.70. The monoisotopic (exact) mass is 617 g/mol. The van der Waals surface area contributed by atoms with Crippen LogP contribution >= 0.6 is 11.3 Å². The molecule has 8 aromatic carbocycles. The van der Waals surface area contributed by atoms with Crippen molar-refractivity contribution in [2.75, 3.05) is 4.90 Å². The summed E-state index contributed by atoms with van der Waals surface area (Å²) in [6, 6.07) is 58.9. The minimum atomic E-state index is 0.929. The van der Waals surface area contributed by atoms with Crippen LogP contribution in [0.3, 0.4) is 0 Å². The standard InChI is InChI=1S/C44H27NOS/c1-2-15-31(16-3-1)45(32-17-8-14-30(27-32)34-20-9-13-28-11-4-6-18-33(28)34)38-22-10-21-37-42-40(47-44(37)38)26-24-36-41-35-19-7-5-12-29(35)23-25-39(41)46-43(36)42/h1-27H. The van der Waals surface area contributed by atoms with Gasteiger partial charge in [0.05, 0.1) is 10.4 Å². The van der Waals surface area contributed by atoms with Crippen LogP contribution in [0.4, 0.5) is 17.1 Å². The summed E-state index contributed by atoms with van der Waals surface area (Å²) in [4.78, 5) is 2.40. The third-order valence-electron chi connectivity index (χ3n) is 9.43. The SMILES string of the molecule is c1ccc(N(c2cccc(-c3cccc4ccccc34)c2)c2cccc3c2sc2ccc4c(oc5ccc6ccccc6c54)c23)cc1. The normalized spacial score (nSPS) is 11.8. The third-order valence-corrected chi connectivity index (χ3v) is 10.6. The fourth-order valence-corrected chi connectivity index (χ4v) is 8.55. The molecule has 10 aromatic rings. The Morgan fingerprint density at radius 2 is 1.17 bits per heavy atom. The summed E-state index contributed by atoms with van der Waals surface area (Å²) in [5, 5.41) is 9.70. The maximum absolute atomic E-state index is 6.70. The Morgan fingerprint density at radius 3 is 2.06 bits per heavy atom. The van der Waals surface area contributed by atoms with Gasteiger partial charge in [0.1, 0.15) is 11.2 Å². The van der Waals surface area contributed by atoms with Crippen molar-refractivity contribution >= 4 is 92.1 Å². The van der Waals surface area contributed by atoms with Crippen LogP contribution in [-0.2, 0) is 0 Å². The lowest BCUT2D eigenvalue weighted by Crippen LogP contribution is -2.10. The number of thiophene rings is 1. The van der Waals surface area contributed by atoms with E-state index in [9.17, 15) is 0 Å². The number of hydrogen-bond acceptors (Lipinski definition) is 3. The smallest absolute Gasteiger partial charge is 0.144 e. The van der Waals surface area contributed by atoms with Crippen LogP contribution in [0.5, 0.6) is 0 Å². The predicted octanol–water partition coefficient (Wildman–Crippen LogP) is 13.4. The minimum absolute atomic E-state index is 0.929. The number of nitrogens with zero attached hydrogens (tertiary/aromatic N) is 1. The Hall–Kier alpha value is -5.90. The van der Waals surface area contributed by atoms with E-state index in [1.807, 2.05) is 11.3 Å². The van der Waals surface area contributed by atoms with Gasteiger partial charge < -0.3 is 9.32 Å². The molecule has 2 aromatic heterocycles. The largest absolute Gasteiger partial charge is 0.455 e. The van der Waals surface area contributed by atoms with E-state index in [1.165, 1.54) is 58.2 Å². The summed E-state index contributed by atoms with van der Waals surface area (Å²) in [5.41, 5.74) is 7.71. The van der Waals surface area contributed by atoms with Gasteiger partial charge in [0.25, 0.3) is 0 Å². The van der Waals surface area contributed by atoms with Crippen molar-refractivity contribution in [2.45, 2.75) is 0 Å². The van der Waals surface area contributed by atoms with Crippen molar-refractivity contribution in [3.63, 3.8) is 0 Å². The van der Waals surface area contributed by atoms with Crippen molar-refractivity contribution in [3.8, 4) is 11.1 Å². The average Bonchev–Trinajstić information content (AvgIpc) is 3.71. The van der Waals surface area contributed by atoms with Crippen LogP contribution in [0.2, 0.25) is 0 Å². The lowest BCUT2D eigenvalue weighted by Gasteiger charge is -2.26. The molecule has 0 fully saturated rings. The van der Waals surface area contributed by atoms with Crippen LogP contribution in [0, 0.1) is 0 Å². The number of furan rings is 1. The summed E-state index contributed by atoms with van der Waals surface area (Å²) in [6.07, 6.45) is 0. The predicted molar refractivity (Wildman–Crippen MR) is 202 cm³/mol. The van der Waals surface area contributed by atoms with Crippen molar-refractivity contribution in [3.05, 3.63) is 164 Å². The highest BCUT2D eigenvalue weighted by molar-refractivity contribution is 7.26. The molecule has 0 bridgehead atoms. The Morgan fingerprint density at radius 1 is 0.468 bits per heavy atom. The molecule has 0 saturated carbocycles. The van der Waals surface area contributed by atoms with Crippen LogP contribution in [0.15, 0.2) is 168 Å². The van der Waals surface area contributed by atoms with Gasteiger partial charge in [-0.3, -0.25) is 0 Å². The molecule has 220 valence electrons. The van der Waals surface area contributed by atoms with E-state index in [0.29, 0.717) is 0 Å². The molecular formula is C44H27NOS. The van der Waals surface area contributed by atoms with Gasteiger partial charge in [0.2, 0.25) is 0 Å². The van der Waals surface area contributed by atoms with Gasteiger partial charge in [-0.05, 0) is 81.2 Å². The van der Waals surface area contributed by atoms with Crippen molar-refractivity contribution in [2.24, 2.45) is 0 Å². The maximum Gasteiger partial charge on any atom is 0.144 e. The van der Waals surface area contributed by atoms with Crippen LogP contribution in [0.25, 0.3) is 74.8 Å². The molecule has 0 spiro atoms. The highest BCUT2D eigenvalue weighted by atomic mass is 32.1. The lowest BCUT2D eigenvalue weighted by molar-refractivity contribution is 0.673. The van der Waals surface area contributed by atoms with E-state index in [-0.39, 0.29) is 0 Å². The molecule has 0 amide bonds. The number of rotatable bonds is 4. The first-order valence-electron chi connectivity index (χ1n) is 15.9. The molecule has 0 aliphatic heterocycles. The van der Waals surface area contributed by atoms with Gasteiger partial charge in [-0.2, -0.15) is 0 Å². The Balaban J connectivity index is 1.22. The van der Waals surface area contributed by atoms with E-state index in [4.69, 9.17) is 4.42 Å². The molecule has 2 heterocycles. The molecular weight excluding hydrogens is 591 g/mol. The van der Waals surface area contributed by atoms with Crippen molar-refractivity contribution in [1.29, 1.82) is 0 Å². The summed E-state index contributed by atoms with van der Waals surface area (Å²) >= 11 is 1.84. The zero-order valence-electron chi connectivity index (χ0n) is 25.4. The fourth-order valence-electron chi connectivity index (χ4n) is 7.34. The second kappa shape index (κ2) is 10.3. The molecule has 47 heavy (non-hydrogen) atoms. The molecule has 0 aliphatic carbocycles. The zero-order chi connectivity index (χ0) is 30.9. The Bertz CT molecular complexity index is 2800. The molecule has 0 radical (unpaired) electrons. The Kier molecular flexibility index (Phi) is 5.78. The first-order chi connectivity index (χ1) is 23.3. The summed E-state index contributed by atoms with van der Waals surface area (Å²) in [7, 11) is 0. The van der Waals surface area contributed by atoms with Gasteiger partial charge in [-0.1, -0.05) is 115 Å². The van der Waals surface area contributed by atoms with Crippen LogP contribution in [0.1, 0.15) is 0 Å². The van der Waals surface area contributed by atoms with E-state index < -0.39 is 0 Å². The second-order valence-corrected chi connectivity index (χ2v) is 13.1. The Labute approximate surface area is 275 Å². The molecule has 0 unspecified atom stereocenters. The first kappa shape index (κ1) is 26.3. The van der Waals surface area contributed by atoms with Gasteiger partial charge in [0.15, 0.2) is 0 Å². The lowest BCUT2D eigenvalue weighted by atomic mass is 9.97. The highest BCUT2D eigenvalue weighted by Crippen LogP contribution is 2.48. The minimum Gasteiger partial charge on any atom is -0.455 e. The zero-order valence-corrected chi connectivity index (χ0v) is 26.2. The van der Waals surface area contributed by atoms with Gasteiger partial charge in [-0.25, -0.2) is 0 Å². The van der Waals surface area contributed by atoms with Crippen molar-refractivity contribution < 1.29 is 4.42 Å². The number of fused-ring (bicyclic) bond motifs is 10. The summed E-state index contributed by atoms with van der Waals surface area (Å²) in [5.74, 6) is 0. The second-order valence-electron chi connectivity index (χ2n) is 12.1.